The number of aromatic carboxylic acids is 1. The molecule has 7 aromatic rings. The van der Waals surface area contributed by atoms with E-state index in [1.807, 2.05) is 60.7 Å². The van der Waals surface area contributed by atoms with Crippen LogP contribution in [0.25, 0.3) is 31.3 Å². The predicted octanol–water partition coefficient (Wildman–Crippen LogP) is 11.1. The monoisotopic (exact) mass is 939 g/mol. The van der Waals surface area contributed by atoms with Crippen LogP contribution in [0.5, 0.6) is 0 Å². The molecule has 0 amide bonds. The molecule has 16 heteroatoms. The second kappa shape index (κ2) is 25.6. The quantitative estimate of drug-likeness (QED) is 0.0642. The fraction of sp³-hybridized carbons (Fsp3) is 0.125. The molecule has 1 N–H and O–H groups in total. The zero-order valence-electron chi connectivity index (χ0n) is 30.4. The normalized spacial score (nSPS) is 9.68. The molecule has 7 heterocycles. The number of hydrogen-bond donors (Lipinski definition) is 1. The summed E-state index contributed by atoms with van der Waals surface area (Å²) in [7, 11) is 0. The van der Waals surface area contributed by atoms with Crippen molar-refractivity contribution in [3.8, 4) is 31.3 Å². The van der Waals surface area contributed by atoms with Crippen LogP contribution in [0, 0.1) is 5.38 Å². The Kier molecular flexibility index (Phi) is 20.9. The van der Waals surface area contributed by atoms with E-state index in [0.717, 1.165) is 36.2 Å². The number of hydrogen-bond acceptors (Lipinski definition) is 13. The first-order valence-electron chi connectivity index (χ1n) is 16.5. The zero-order valence-corrected chi connectivity index (χ0v) is 38.2. The van der Waals surface area contributed by atoms with Crippen molar-refractivity contribution in [1.82, 2.24) is 15.0 Å². The SMILES string of the molecule is CC(=O)c1ccc(-c2ccncc2)s1.CCOC(=O)c1cc[c-]s1.CCOC(=O)c1ccc(-c2ccncc2)s1.O=C(O)c1ccc(-c2ccncc2)s1.[Zn+][Br]. The Hall–Kier alpha value is -4.57. The van der Waals surface area contributed by atoms with E-state index in [2.05, 4.69) is 34.0 Å². The summed E-state index contributed by atoms with van der Waals surface area (Å²) in [4.78, 5) is 61.4. The van der Waals surface area contributed by atoms with E-state index >= 15 is 0 Å². The molecule has 0 aliphatic rings. The topological polar surface area (TPSA) is 146 Å². The van der Waals surface area contributed by atoms with Crippen LogP contribution < -0.4 is 0 Å². The molecule has 0 bridgehead atoms. The number of nitrogens with zero attached hydrogens (tertiary/aromatic N) is 3. The molecule has 0 radical (unpaired) electrons. The van der Waals surface area contributed by atoms with Crippen molar-refractivity contribution in [2.75, 3.05) is 13.2 Å². The summed E-state index contributed by atoms with van der Waals surface area (Å²) in [6.07, 6.45) is 10.4. The Labute approximate surface area is 357 Å². The third kappa shape index (κ3) is 15.2. The molecule has 56 heavy (non-hydrogen) atoms. The molecule has 0 aliphatic heterocycles. The Balaban J connectivity index is 0.000000199. The first kappa shape index (κ1) is 45.8. The number of carboxylic acid groups (broad SMARTS) is 1. The van der Waals surface area contributed by atoms with Gasteiger partial charge in [0, 0.05) is 51.8 Å². The number of Topliss-reactive ketones (excluding diaryl/α,β-unsaturated/α-hetero) is 1. The summed E-state index contributed by atoms with van der Waals surface area (Å²) in [5, 5.41) is 11.6. The number of esters is 2. The minimum absolute atomic E-state index is 0.121. The van der Waals surface area contributed by atoms with Gasteiger partial charge in [-0.3, -0.25) is 35.9 Å². The van der Waals surface area contributed by atoms with Crippen LogP contribution >= 0.6 is 59.0 Å². The van der Waals surface area contributed by atoms with Gasteiger partial charge in [0.15, 0.2) is 5.78 Å². The second-order valence-electron chi connectivity index (χ2n) is 10.4. The average Bonchev–Trinajstić information content (AvgIpc) is 4.08. The van der Waals surface area contributed by atoms with E-state index in [0.29, 0.717) is 27.8 Å². The van der Waals surface area contributed by atoms with Gasteiger partial charge >= 0.3 is 41.9 Å². The third-order valence-electron chi connectivity index (χ3n) is 6.70. The molecule has 10 nitrogen and oxygen atoms in total. The fourth-order valence-corrected chi connectivity index (χ4v) is 7.40. The van der Waals surface area contributed by atoms with E-state index in [4.69, 9.17) is 14.6 Å². The van der Waals surface area contributed by atoms with E-state index in [1.54, 1.807) is 82.2 Å². The molecule has 0 saturated carbocycles. The Morgan fingerprint density at radius 2 is 0.964 bits per heavy atom. The van der Waals surface area contributed by atoms with E-state index in [1.165, 1.54) is 61.7 Å². The maximum atomic E-state index is 11.5. The fourth-order valence-electron chi connectivity index (χ4n) is 4.20. The third-order valence-corrected chi connectivity index (χ3v) is 10.9. The Morgan fingerprint density at radius 3 is 1.30 bits per heavy atom. The van der Waals surface area contributed by atoms with Crippen LogP contribution in [0.2, 0.25) is 0 Å². The number of pyridine rings is 3. The summed E-state index contributed by atoms with van der Waals surface area (Å²) in [5.41, 5.74) is 3.17. The molecule has 7 rings (SSSR count). The van der Waals surface area contributed by atoms with Crippen LogP contribution in [0.4, 0.5) is 0 Å². The van der Waals surface area contributed by atoms with Gasteiger partial charge in [0.25, 0.3) is 5.97 Å². The summed E-state index contributed by atoms with van der Waals surface area (Å²) in [6, 6.07) is 25.8. The molecule has 0 aliphatic carbocycles. The molecule has 0 saturated heterocycles. The summed E-state index contributed by atoms with van der Waals surface area (Å²) >= 11 is 9.74. The van der Waals surface area contributed by atoms with Crippen molar-refractivity contribution < 1.29 is 50.1 Å². The number of carboxylic acids is 1. The first-order chi connectivity index (χ1) is 27.2. The zero-order chi connectivity index (χ0) is 40.7. The van der Waals surface area contributed by atoms with Crippen LogP contribution in [0.15, 0.2) is 122 Å². The number of halogens is 1. The van der Waals surface area contributed by atoms with Gasteiger partial charge in [0.1, 0.15) is 9.75 Å². The number of ketones is 1. The average molecular weight is 942 g/mol. The van der Waals surface area contributed by atoms with Crippen molar-refractivity contribution in [3.63, 3.8) is 0 Å². The van der Waals surface area contributed by atoms with Gasteiger partial charge in [-0.2, -0.15) is 12.1 Å². The number of carbonyl (C=O) groups excluding carboxylic acids is 3. The number of thiophene rings is 4. The van der Waals surface area contributed by atoms with Crippen molar-refractivity contribution in [1.29, 1.82) is 0 Å². The molecule has 7 aromatic heterocycles. The van der Waals surface area contributed by atoms with Crippen LogP contribution in [0.3, 0.4) is 0 Å². The molecule has 284 valence electrons. The second-order valence-corrected chi connectivity index (χ2v) is 14.6. The summed E-state index contributed by atoms with van der Waals surface area (Å²) < 4.78 is 9.67. The van der Waals surface area contributed by atoms with Crippen LogP contribution in [-0.4, -0.2) is 57.0 Å². The van der Waals surface area contributed by atoms with Crippen molar-refractivity contribution >= 4 is 82.7 Å². The minimum atomic E-state index is -0.879. The van der Waals surface area contributed by atoms with Crippen LogP contribution in [-0.2, 0) is 25.8 Å². The van der Waals surface area contributed by atoms with E-state index < -0.39 is 5.97 Å². The first-order valence-corrected chi connectivity index (χ1v) is 26.7. The predicted molar refractivity (Wildman–Crippen MR) is 224 cm³/mol. The molecular weight excluding hydrogens is 908 g/mol. The van der Waals surface area contributed by atoms with Crippen molar-refractivity contribution in [2.24, 2.45) is 0 Å². The number of aromatic nitrogens is 3. The molecule has 0 fully saturated rings. The molecule has 0 aromatic carbocycles. The van der Waals surface area contributed by atoms with Gasteiger partial charge in [-0.1, -0.05) is 0 Å². The maximum absolute atomic E-state index is 11.5. The van der Waals surface area contributed by atoms with Gasteiger partial charge in [0.05, 0.1) is 18.1 Å². The molecule has 0 spiro atoms. The van der Waals surface area contributed by atoms with E-state index in [9.17, 15) is 19.2 Å². The molecule has 0 atom stereocenters. The molecular formula is C40H34BrN3O7S4Zn. The van der Waals surface area contributed by atoms with Crippen LogP contribution in [0.1, 0.15) is 59.5 Å². The van der Waals surface area contributed by atoms with E-state index in [-0.39, 0.29) is 17.7 Å². The molecule has 0 unspecified atom stereocenters. The van der Waals surface area contributed by atoms with Gasteiger partial charge in [-0.25, -0.2) is 9.59 Å². The van der Waals surface area contributed by atoms with Gasteiger partial charge in [-0.05, 0) is 115 Å². The summed E-state index contributed by atoms with van der Waals surface area (Å²) in [6.45, 7) is 6.00. The van der Waals surface area contributed by atoms with Gasteiger partial charge < -0.3 is 14.6 Å². The Bertz CT molecular complexity index is 2130. The summed E-state index contributed by atoms with van der Waals surface area (Å²) in [5.74, 6) is -1.27. The number of ether oxygens (including phenoxy) is 2. The van der Waals surface area contributed by atoms with Gasteiger partial charge in [-0.15, -0.1) is 39.4 Å². The number of rotatable bonds is 9. The Morgan fingerprint density at radius 1 is 0.589 bits per heavy atom. The van der Waals surface area contributed by atoms with Crippen molar-refractivity contribution in [2.45, 2.75) is 20.8 Å². The van der Waals surface area contributed by atoms with Gasteiger partial charge in [0.2, 0.25) is 0 Å². The van der Waals surface area contributed by atoms with Crippen molar-refractivity contribution in [3.05, 3.63) is 147 Å². The number of carbonyl (C=O) groups is 4. The standard InChI is InChI=1S/C12H11NO2S.C11H9NOS.C10H7NO2S.C7H7O2S.BrH.Zn/c1-2-15-12(14)11-4-3-10(16-11)9-5-7-13-8-6-9;1-8(13)10-2-3-11(14-10)9-4-6-12-7-5-9;12-10(13)9-2-1-8(14-9)7-3-5-11-6-4-7;1-2-9-7(8)6-4-3-5-10-6;;/h3-8H,2H2,1H3;2-7H,1H3;1-6H,(H,12,13);3-4H,2H2,1H3;1H;/q;;;-1;;+2/p-1.